The summed E-state index contributed by atoms with van der Waals surface area (Å²) in [6.45, 7) is 7.21. The Hall–Kier alpha value is -4.98. The minimum Gasteiger partial charge on any atom is -0.490 e. The van der Waals surface area contributed by atoms with Crippen molar-refractivity contribution in [1.29, 1.82) is 0 Å². The number of benzene rings is 2. The van der Waals surface area contributed by atoms with Crippen LogP contribution >= 0.6 is 11.8 Å². The molecule has 1 fully saturated rings. The first-order valence-corrected chi connectivity index (χ1v) is 16.1. The molecule has 1 aliphatic rings. The number of thioether (sulfide) groups is 1. The number of nitrogens with one attached hydrogen (secondary N) is 3. The van der Waals surface area contributed by atoms with E-state index in [4.69, 9.17) is 35.0 Å². The van der Waals surface area contributed by atoms with E-state index in [1.165, 1.54) is 6.20 Å². The summed E-state index contributed by atoms with van der Waals surface area (Å²) < 4.78 is 75.0. The lowest BCUT2D eigenvalue weighted by molar-refractivity contribution is -0.193. The van der Waals surface area contributed by atoms with Crippen LogP contribution in [0.1, 0.15) is 42.3 Å². The molecule has 1 aromatic heterocycles. The molecular formula is C31H35F6N5O8S. The number of carbonyl (C=O) groups excluding carboxylic acids is 2. The van der Waals surface area contributed by atoms with Crippen LogP contribution in [0.5, 0.6) is 11.5 Å². The van der Waals surface area contributed by atoms with Gasteiger partial charge in [-0.25, -0.2) is 9.59 Å². The molecule has 0 radical (unpaired) electrons. The second kappa shape index (κ2) is 18.9. The first-order chi connectivity index (χ1) is 23.8. The first-order valence-electron chi connectivity index (χ1n) is 14.9. The highest BCUT2D eigenvalue weighted by atomic mass is 32.2. The summed E-state index contributed by atoms with van der Waals surface area (Å²) in [5, 5.41) is 24.6. The highest BCUT2D eigenvalue weighted by Gasteiger charge is 2.39. The average molecular weight is 752 g/mol. The normalized spacial score (nSPS) is 13.9. The molecule has 1 saturated heterocycles. The van der Waals surface area contributed by atoms with Gasteiger partial charge in [-0.15, -0.1) is 11.8 Å². The Kier molecular flexibility index (Phi) is 15.6. The number of amides is 2. The number of alkyl halides is 6. The van der Waals surface area contributed by atoms with Crippen LogP contribution in [0.15, 0.2) is 36.5 Å². The summed E-state index contributed by atoms with van der Waals surface area (Å²) in [5.74, 6) is -3.40. The topological polar surface area (TPSA) is 202 Å². The number of anilines is 2. The van der Waals surface area contributed by atoms with Crippen molar-refractivity contribution >= 4 is 57.8 Å². The molecule has 280 valence electrons. The van der Waals surface area contributed by atoms with Crippen molar-refractivity contribution in [1.82, 2.24) is 15.6 Å². The van der Waals surface area contributed by atoms with Crippen LogP contribution in [0.4, 0.5) is 37.7 Å². The van der Waals surface area contributed by atoms with Crippen molar-refractivity contribution < 1.29 is 65.2 Å². The van der Waals surface area contributed by atoms with Crippen molar-refractivity contribution in [2.45, 2.75) is 52.1 Å². The van der Waals surface area contributed by atoms with Gasteiger partial charge in [0.1, 0.15) is 0 Å². The zero-order valence-electron chi connectivity index (χ0n) is 27.3. The van der Waals surface area contributed by atoms with E-state index in [1.807, 2.05) is 44.2 Å². The molecule has 0 bridgehead atoms. The van der Waals surface area contributed by atoms with E-state index in [-0.39, 0.29) is 17.5 Å². The third-order valence-electron chi connectivity index (χ3n) is 6.66. The minimum atomic E-state index is -5.08. The number of primary amides is 1. The maximum Gasteiger partial charge on any atom is 0.490 e. The Bertz CT molecular complexity index is 1680. The predicted molar refractivity (Wildman–Crippen MR) is 175 cm³/mol. The van der Waals surface area contributed by atoms with Gasteiger partial charge in [0.15, 0.2) is 11.5 Å². The number of ether oxygens (including phenoxy) is 2. The molecule has 0 unspecified atom stereocenters. The quantitative estimate of drug-likeness (QED) is 0.144. The Morgan fingerprint density at radius 3 is 2.02 bits per heavy atom. The molecule has 1 atom stereocenters. The van der Waals surface area contributed by atoms with Gasteiger partial charge in [-0.05, 0) is 43.5 Å². The number of carboxylic acids is 2. The van der Waals surface area contributed by atoms with Crippen LogP contribution in [-0.4, -0.2) is 82.2 Å². The molecule has 2 amide bonds. The van der Waals surface area contributed by atoms with Crippen LogP contribution in [0.25, 0.3) is 10.9 Å². The van der Waals surface area contributed by atoms with Gasteiger partial charge in [-0.2, -0.15) is 26.3 Å². The zero-order valence-corrected chi connectivity index (χ0v) is 28.1. The maximum absolute atomic E-state index is 12.5. The number of aromatic nitrogens is 1. The smallest absolute Gasteiger partial charge is 0.490 e. The molecule has 0 saturated carbocycles. The third kappa shape index (κ3) is 12.4. The number of aliphatic carboxylic acids is 2. The average Bonchev–Trinajstić information content (AvgIpc) is 3.59. The van der Waals surface area contributed by atoms with E-state index in [0.717, 1.165) is 34.9 Å². The van der Waals surface area contributed by atoms with Gasteiger partial charge in [-0.1, -0.05) is 19.1 Å². The van der Waals surface area contributed by atoms with E-state index < -0.39 is 30.2 Å². The monoisotopic (exact) mass is 751 g/mol. The fourth-order valence-electron chi connectivity index (χ4n) is 4.40. The molecule has 1 aliphatic heterocycles. The lowest BCUT2D eigenvalue weighted by atomic mass is 10.0. The van der Waals surface area contributed by atoms with Crippen LogP contribution in [-0.2, 0) is 27.3 Å². The van der Waals surface area contributed by atoms with E-state index in [0.29, 0.717) is 47.8 Å². The van der Waals surface area contributed by atoms with E-state index in [9.17, 15) is 35.9 Å². The molecular weight excluding hydrogens is 716 g/mol. The molecule has 3 aromatic rings. The van der Waals surface area contributed by atoms with Crippen LogP contribution < -0.4 is 31.2 Å². The Morgan fingerprint density at radius 1 is 0.980 bits per heavy atom. The second-order valence-corrected chi connectivity index (χ2v) is 11.1. The molecule has 7 N–H and O–H groups in total. The van der Waals surface area contributed by atoms with Gasteiger partial charge in [0, 0.05) is 41.5 Å². The van der Waals surface area contributed by atoms with Crippen molar-refractivity contribution in [2.75, 3.05) is 30.2 Å². The van der Waals surface area contributed by atoms with E-state index in [2.05, 4.69) is 27.9 Å². The predicted octanol–water partition coefficient (Wildman–Crippen LogP) is 4.98. The van der Waals surface area contributed by atoms with Crippen LogP contribution in [0.2, 0.25) is 0 Å². The summed E-state index contributed by atoms with van der Waals surface area (Å²) in [7, 11) is 0. The number of rotatable bonds is 11. The van der Waals surface area contributed by atoms with E-state index >= 15 is 0 Å². The number of hydrogen-bond acceptors (Lipinski definition) is 10. The Morgan fingerprint density at radius 2 is 1.55 bits per heavy atom. The van der Waals surface area contributed by atoms with Crippen LogP contribution in [0, 0.1) is 0 Å². The van der Waals surface area contributed by atoms with Gasteiger partial charge in [0.25, 0.3) is 5.91 Å². The van der Waals surface area contributed by atoms with Gasteiger partial charge in [-0.3, -0.25) is 19.9 Å². The molecule has 13 nitrogen and oxygen atoms in total. The number of carboxylic acid groups (broad SMARTS) is 2. The summed E-state index contributed by atoms with van der Waals surface area (Å²) in [6, 6.07) is 9.35. The number of carbonyl (C=O) groups is 4. The van der Waals surface area contributed by atoms with Crippen LogP contribution in [0.3, 0.4) is 0 Å². The number of halogens is 6. The number of pyridine rings is 1. The molecule has 0 aliphatic carbocycles. The summed E-state index contributed by atoms with van der Waals surface area (Å²) >= 11 is 1.71. The molecule has 51 heavy (non-hydrogen) atoms. The second-order valence-electron chi connectivity index (χ2n) is 10.1. The number of nitrogens with two attached hydrogens (primary N) is 1. The van der Waals surface area contributed by atoms with Crippen molar-refractivity contribution in [3.63, 3.8) is 0 Å². The van der Waals surface area contributed by atoms with Gasteiger partial charge < -0.3 is 36.1 Å². The molecule has 4 rings (SSSR count). The van der Waals surface area contributed by atoms with Gasteiger partial charge in [0.2, 0.25) is 5.91 Å². The largest absolute Gasteiger partial charge is 0.490 e. The molecule has 2 heterocycles. The maximum atomic E-state index is 12.5. The Balaban J connectivity index is 0.000000543. The first kappa shape index (κ1) is 42.2. The van der Waals surface area contributed by atoms with Gasteiger partial charge in [0.05, 0.1) is 36.0 Å². The SMILES string of the molecule is CCOc1cc2ncc(C(N)=O)c(Nc3cccc(CNC(=O)[C@@H]4CSCN4)c3CC)c2cc1OCC.O=C(O)C(F)(F)F.O=C(O)C(F)(F)F. The Labute approximate surface area is 291 Å². The van der Waals surface area contributed by atoms with Crippen molar-refractivity contribution in [3.8, 4) is 11.5 Å². The highest BCUT2D eigenvalue weighted by molar-refractivity contribution is 7.99. The number of nitrogens with zero attached hydrogens (tertiary/aromatic N) is 1. The van der Waals surface area contributed by atoms with E-state index in [1.54, 1.807) is 11.8 Å². The molecule has 0 spiro atoms. The fourth-order valence-corrected chi connectivity index (χ4v) is 5.34. The minimum absolute atomic E-state index is 0.00452. The fraction of sp³-hybridized carbons (Fsp3) is 0.387. The molecule has 2 aromatic carbocycles. The summed E-state index contributed by atoms with van der Waals surface area (Å²) in [6.07, 6.45) is -7.97. The highest BCUT2D eigenvalue weighted by Crippen LogP contribution is 2.38. The lowest BCUT2D eigenvalue weighted by Gasteiger charge is -2.20. The standard InChI is InChI=1S/C27H33N5O4S.2C2HF3O2/c1-4-17-16(12-30-27(34)22-14-37-15-31-22)8-7-9-20(17)32-25-18-10-23(35-5-2)24(36-6-3)11-21(18)29-13-19(25)26(28)33;2*3-2(4,5)1(6)7/h7-11,13,22,31H,4-6,12,14-15H2,1-3H3,(H2,28,33)(H,29,32)(H,30,34);2*(H,6,7)/t22-;;/m0../s1. The third-order valence-corrected chi connectivity index (χ3v) is 7.60. The molecule has 20 heteroatoms. The van der Waals surface area contributed by atoms with Crippen molar-refractivity contribution in [3.05, 3.63) is 53.2 Å². The number of fused-ring (bicyclic) bond motifs is 1. The summed E-state index contributed by atoms with van der Waals surface area (Å²) in [4.78, 5) is 47.2. The lowest BCUT2D eigenvalue weighted by Crippen LogP contribution is -2.41. The van der Waals surface area contributed by atoms with Crippen molar-refractivity contribution in [2.24, 2.45) is 5.73 Å². The zero-order chi connectivity index (χ0) is 38.5. The number of hydrogen-bond donors (Lipinski definition) is 6. The van der Waals surface area contributed by atoms with Gasteiger partial charge >= 0.3 is 24.3 Å². The summed E-state index contributed by atoms with van der Waals surface area (Å²) in [5.41, 5.74) is 10.1.